The van der Waals surface area contributed by atoms with Gasteiger partial charge in [-0.25, -0.2) is 0 Å². The van der Waals surface area contributed by atoms with Gasteiger partial charge in [-0.05, 0) is 42.3 Å². The van der Waals surface area contributed by atoms with Crippen molar-refractivity contribution < 1.29 is 92.0 Å². The summed E-state index contributed by atoms with van der Waals surface area (Å²) >= 11 is 0. The Morgan fingerprint density at radius 3 is 2.21 bits per heavy atom. The minimum absolute atomic E-state index is 0. The van der Waals surface area contributed by atoms with E-state index in [1.165, 1.54) is 18.4 Å². The Hall–Kier alpha value is -0.800. The Morgan fingerprint density at radius 2 is 1.66 bits per heavy atom. The summed E-state index contributed by atoms with van der Waals surface area (Å²) in [5, 5.41) is 4.07. The van der Waals surface area contributed by atoms with Crippen LogP contribution in [-0.4, -0.2) is 19.4 Å². The zero-order chi connectivity index (χ0) is 19.6. The Morgan fingerprint density at radius 1 is 1.00 bits per heavy atom. The van der Waals surface area contributed by atoms with Crippen molar-refractivity contribution in [2.75, 3.05) is 14.2 Å². The van der Waals surface area contributed by atoms with Crippen molar-refractivity contribution >= 4 is 7.82 Å². The van der Waals surface area contributed by atoms with Gasteiger partial charge in [0.1, 0.15) is 25.5 Å². The van der Waals surface area contributed by atoms with Crippen molar-refractivity contribution in [1.29, 1.82) is 0 Å². The molecule has 0 aliphatic carbocycles. The Bertz CT molecular complexity index is 1000. The molecule has 1 aromatic heterocycles. The van der Waals surface area contributed by atoms with Gasteiger partial charge >= 0.3 is 59.1 Å². The topological polar surface area (TPSA) is 117 Å². The average molecular weight is 435 g/mol. The summed E-state index contributed by atoms with van der Waals surface area (Å²) in [6, 6.07) is 9.66. The molecule has 0 unspecified atom stereocenters. The van der Waals surface area contributed by atoms with Crippen LogP contribution in [0.3, 0.4) is 0 Å². The van der Waals surface area contributed by atoms with Gasteiger partial charge in [0.15, 0.2) is 11.5 Å². The summed E-state index contributed by atoms with van der Waals surface area (Å²) in [4.78, 5) is 21.4. The van der Waals surface area contributed by atoms with E-state index in [2.05, 4.69) is 9.68 Å². The summed E-state index contributed by atoms with van der Waals surface area (Å²) in [5.74, 6) is 1.13. The van der Waals surface area contributed by atoms with Gasteiger partial charge in [-0.15, -0.1) is 0 Å². The molecule has 29 heavy (non-hydrogen) atoms. The fourth-order valence-corrected chi connectivity index (χ4v) is 3.15. The predicted molar refractivity (Wildman–Crippen MR) is 93.5 cm³/mol. The molecule has 0 amide bonds. The summed E-state index contributed by atoms with van der Waals surface area (Å²) < 4.78 is 30.9. The number of phosphoric ester groups is 1. The number of nitrogens with zero attached hydrogens (tertiary/aromatic N) is 1. The largest absolute Gasteiger partial charge is 1.00 e. The summed E-state index contributed by atoms with van der Waals surface area (Å²) in [6.45, 7) is 1.89. The smallest absolute Gasteiger partial charge is 0.780 e. The van der Waals surface area contributed by atoms with E-state index in [4.69, 9.17) is 14.0 Å². The van der Waals surface area contributed by atoms with E-state index in [1.54, 1.807) is 32.4 Å². The summed E-state index contributed by atoms with van der Waals surface area (Å²) in [7, 11) is -1.98. The molecule has 0 spiro atoms. The third kappa shape index (κ3) is 6.34. The van der Waals surface area contributed by atoms with Gasteiger partial charge in [0.2, 0.25) is 0 Å². The normalized spacial score (nSPS) is 10.5. The first-order chi connectivity index (χ1) is 12.8. The van der Waals surface area contributed by atoms with Gasteiger partial charge in [-0.2, -0.15) is 0 Å². The molecule has 0 atom stereocenters. The molecule has 3 aromatic rings. The van der Waals surface area contributed by atoms with Gasteiger partial charge in [-0.1, -0.05) is 17.3 Å². The van der Waals surface area contributed by atoms with Gasteiger partial charge in [-0.3, -0.25) is 0 Å². The minimum atomic E-state index is -5.10. The van der Waals surface area contributed by atoms with Crippen molar-refractivity contribution in [2.24, 2.45) is 0 Å². The number of ether oxygens (including phenoxy) is 2. The quantitative estimate of drug-likeness (QED) is 0.290. The molecule has 11 heteroatoms. The zero-order valence-electron chi connectivity index (χ0n) is 16.8. The van der Waals surface area contributed by atoms with E-state index in [-0.39, 0.29) is 64.9 Å². The SMILES string of the molecule is COc1cc(-c2nocc2-c2ccc(OP(=O)([O-])[O-])cc2)cc(C)c1OC.[Na+].[Na+]. The van der Waals surface area contributed by atoms with Crippen LogP contribution in [0.5, 0.6) is 17.2 Å². The van der Waals surface area contributed by atoms with Crippen molar-refractivity contribution in [1.82, 2.24) is 5.16 Å². The molecule has 8 nitrogen and oxygen atoms in total. The monoisotopic (exact) mass is 435 g/mol. The van der Waals surface area contributed by atoms with E-state index in [0.717, 1.165) is 11.1 Å². The van der Waals surface area contributed by atoms with Gasteiger partial charge in [0, 0.05) is 11.1 Å². The van der Waals surface area contributed by atoms with Gasteiger partial charge in [0.05, 0.1) is 14.2 Å². The molecule has 2 aromatic carbocycles. The fourth-order valence-electron chi connectivity index (χ4n) is 2.77. The average Bonchev–Trinajstić information content (AvgIpc) is 3.10. The fraction of sp³-hybridized carbons (Fsp3) is 0.167. The maximum absolute atomic E-state index is 10.7. The first-order valence-corrected chi connectivity index (χ1v) is 9.28. The standard InChI is InChI=1S/C18H18NO7P.2Na/c1-11-8-13(9-16(23-2)18(11)24-3)17-15(10-25-19-17)12-4-6-14(7-5-12)26-27(20,21)22;;/h4-10H,1-3H3,(H2,20,21,22);;/q;2*+1/p-2. The van der Waals surface area contributed by atoms with Crippen LogP contribution in [0.2, 0.25) is 0 Å². The molecule has 1 heterocycles. The van der Waals surface area contributed by atoms with E-state index in [0.29, 0.717) is 28.3 Å². The molecule has 0 fully saturated rings. The second-order valence-corrected chi connectivity index (χ2v) is 6.75. The molecule has 0 radical (unpaired) electrons. The second-order valence-electron chi connectivity index (χ2n) is 5.67. The molecule has 3 rings (SSSR count). The van der Waals surface area contributed by atoms with Crippen molar-refractivity contribution in [2.45, 2.75) is 6.92 Å². The molecule has 0 aliphatic heterocycles. The van der Waals surface area contributed by atoms with Crippen LogP contribution in [0.25, 0.3) is 22.4 Å². The molecule has 0 saturated heterocycles. The minimum Gasteiger partial charge on any atom is -0.780 e. The van der Waals surface area contributed by atoms with E-state index >= 15 is 0 Å². The number of methoxy groups -OCH3 is 2. The molecule has 0 bridgehead atoms. The van der Waals surface area contributed by atoms with Crippen molar-refractivity contribution in [3.63, 3.8) is 0 Å². The molecule has 0 aliphatic rings. The van der Waals surface area contributed by atoms with Gasteiger partial charge < -0.3 is 32.9 Å². The van der Waals surface area contributed by atoms with Crippen LogP contribution in [-0.2, 0) is 4.57 Å². The van der Waals surface area contributed by atoms with Crippen LogP contribution >= 0.6 is 7.82 Å². The van der Waals surface area contributed by atoms with Crippen LogP contribution in [0.1, 0.15) is 5.56 Å². The first-order valence-electron chi connectivity index (χ1n) is 7.82. The van der Waals surface area contributed by atoms with E-state index in [9.17, 15) is 14.4 Å². The van der Waals surface area contributed by atoms with Crippen LogP contribution in [0.4, 0.5) is 0 Å². The molecule has 0 N–H and O–H groups in total. The zero-order valence-corrected chi connectivity index (χ0v) is 21.7. The Balaban J connectivity index is 0.00000210. The number of benzene rings is 2. The molecule has 142 valence electrons. The van der Waals surface area contributed by atoms with E-state index in [1.807, 2.05) is 13.0 Å². The molecular formula is C18H16NNa2O7P. The Labute approximate surface area is 212 Å². The van der Waals surface area contributed by atoms with Crippen molar-refractivity contribution in [3.8, 4) is 39.6 Å². The third-order valence-corrected chi connectivity index (χ3v) is 4.32. The number of hydrogen-bond acceptors (Lipinski definition) is 8. The van der Waals surface area contributed by atoms with Crippen molar-refractivity contribution in [3.05, 3.63) is 48.2 Å². The molecular weight excluding hydrogens is 419 g/mol. The third-order valence-electron chi connectivity index (χ3n) is 3.89. The molecule has 0 saturated carbocycles. The number of hydrogen-bond donors (Lipinski definition) is 0. The second kappa shape index (κ2) is 11.0. The maximum Gasteiger partial charge on any atom is 1.00 e. The van der Waals surface area contributed by atoms with Crippen LogP contribution in [0.15, 0.2) is 47.2 Å². The van der Waals surface area contributed by atoms with E-state index < -0.39 is 7.82 Å². The number of rotatable bonds is 6. The Kier molecular flexibility index (Phi) is 9.95. The summed E-state index contributed by atoms with van der Waals surface area (Å²) in [6.07, 6.45) is 1.48. The first kappa shape index (κ1) is 26.2. The number of aryl methyl sites for hydroxylation is 1. The van der Waals surface area contributed by atoms with Crippen LogP contribution < -0.4 is 82.9 Å². The van der Waals surface area contributed by atoms with Crippen LogP contribution in [0, 0.1) is 6.92 Å². The van der Waals surface area contributed by atoms with Gasteiger partial charge in [0.25, 0.3) is 0 Å². The predicted octanol–water partition coefficient (Wildman–Crippen LogP) is -3.45. The number of phosphoric acid groups is 1. The summed E-state index contributed by atoms with van der Waals surface area (Å²) in [5.41, 5.74) is 3.59. The maximum atomic E-state index is 10.7. The number of aromatic nitrogens is 1.